The molecule has 0 bridgehead atoms. The number of benzene rings is 1. The Hall–Kier alpha value is -0.980. The molecule has 0 spiro atoms. The third-order valence-corrected chi connectivity index (χ3v) is 3.65. The molecule has 1 heterocycles. The number of hydrogen-bond donors (Lipinski definition) is 0. The molecule has 76 valence electrons. The molecule has 0 amide bonds. The molecule has 1 heteroatoms. The van der Waals surface area contributed by atoms with Crippen molar-refractivity contribution in [3.05, 3.63) is 27.8 Å². The van der Waals surface area contributed by atoms with Gasteiger partial charge in [0.15, 0.2) is 0 Å². The fourth-order valence-electron chi connectivity index (χ4n) is 2.38. The maximum absolute atomic E-state index is 5.76. The van der Waals surface area contributed by atoms with Gasteiger partial charge in [-0.3, -0.25) is 0 Å². The molecule has 0 saturated carbocycles. The maximum Gasteiger partial charge on any atom is 0.126 e. The molecule has 1 aliphatic rings. The van der Waals surface area contributed by atoms with Crippen molar-refractivity contribution in [1.29, 1.82) is 0 Å². The fraction of sp³-hybridized carbons (Fsp3) is 0.538. The summed E-state index contributed by atoms with van der Waals surface area (Å²) in [5, 5.41) is 0. The van der Waals surface area contributed by atoms with Crippen molar-refractivity contribution in [2.45, 2.75) is 40.5 Å². The van der Waals surface area contributed by atoms with Gasteiger partial charge in [-0.2, -0.15) is 0 Å². The van der Waals surface area contributed by atoms with E-state index in [0.29, 0.717) is 5.92 Å². The normalized spacial score (nSPS) is 19.4. The van der Waals surface area contributed by atoms with Crippen molar-refractivity contribution in [3.63, 3.8) is 0 Å². The highest BCUT2D eigenvalue weighted by molar-refractivity contribution is 5.57. The maximum atomic E-state index is 5.76. The first kappa shape index (κ1) is 9.57. The van der Waals surface area contributed by atoms with E-state index >= 15 is 0 Å². The first-order chi connectivity index (χ1) is 6.54. The highest BCUT2D eigenvalue weighted by Crippen LogP contribution is 2.41. The lowest BCUT2D eigenvalue weighted by Crippen LogP contribution is -1.98. The SMILES string of the molecule is Cc1c(C)c(C)c2c(c1C)OCC2C. The van der Waals surface area contributed by atoms with Gasteiger partial charge in [-0.05, 0) is 49.9 Å². The first-order valence-electron chi connectivity index (χ1n) is 5.27. The second-order valence-electron chi connectivity index (χ2n) is 4.45. The Balaban J connectivity index is 2.77. The van der Waals surface area contributed by atoms with Crippen molar-refractivity contribution >= 4 is 0 Å². The van der Waals surface area contributed by atoms with E-state index in [1.165, 1.54) is 27.8 Å². The van der Waals surface area contributed by atoms with Crippen LogP contribution < -0.4 is 4.74 Å². The summed E-state index contributed by atoms with van der Waals surface area (Å²) in [7, 11) is 0. The minimum absolute atomic E-state index is 0.558. The van der Waals surface area contributed by atoms with Crippen molar-refractivity contribution in [2.24, 2.45) is 0 Å². The molecule has 0 radical (unpaired) electrons. The molecule has 1 aliphatic heterocycles. The van der Waals surface area contributed by atoms with E-state index in [4.69, 9.17) is 4.74 Å². The van der Waals surface area contributed by atoms with Crippen molar-refractivity contribution in [2.75, 3.05) is 6.61 Å². The van der Waals surface area contributed by atoms with Gasteiger partial charge in [0.1, 0.15) is 5.75 Å². The molecule has 14 heavy (non-hydrogen) atoms. The molecule has 2 rings (SSSR count). The van der Waals surface area contributed by atoms with Crippen molar-refractivity contribution in [1.82, 2.24) is 0 Å². The lowest BCUT2D eigenvalue weighted by atomic mass is 9.89. The Labute approximate surface area is 86.1 Å². The second kappa shape index (κ2) is 3.01. The summed E-state index contributed by atoms with van der Waals surface area (Å²) in [6, 6.07) is 0. The number of fused-ring (bicyclic) bond motifs is 1. The van der Waals surface area contributed by atoms with Crippen molar-refractivity contribution < 1.29 is 4.74 Å². The highest BCUT2D eigenvalue weighted by Gasteiger charge is 2.26. The molecule has 0 saturated heterocycles. The Bertz CT molecular complexity index is 391. The van der Waals surface area contributed by atoms with Crippen LogP contribution in [0.25, 0.3) is 0 Å². The predicted octanol–water partition coefficient (Wildman–Crippen LogP) is 3.42. The Kier molecular flexibility index (Phi) is 2.06. The minimum Gasteiger partial charge on any atom is -0.492 e. The van der Waals surface area contributed by atoms with E-state index in [0.717, 1.165) is 12.4 Å². The van der Waals surface area contributed by atoms with Gasteiger partial charge >= 0.3 is 0 Å². The minimum atomic E-state index is 0.558. The third-order valence-electron chi connectivity index (χ3n) is 3.65. The van der Waals surface area contributed by atoms with Crippen LogP contribution in [-0.4, -0.2) is 6.61 Å². The monoisotopic (exact) mass is 190 g/mol. The summed E-state index contributed by atoms with van der Waals surface area (Å²) in [5.74, 6) is 1.71. The highest BCUT2D eigenvalue weighted by atomic mass is 16.5. The molecule has 1 atom stereocenters. The van der Waals surface area contributed by atoms with Crippen molar-refractivity contribution in [3.8, 4) is 5.75 Å². The Morgan fingerprint density at radius 3 is 2.14 bits per heavy atom. The molecule has 0 N–H and O–H groups in total. The number of hydrogen-bond acceptors (Lipinski definition) is 1. The molecule has 0 fully saturated rings. The molecule has 0 aromatic heterocycles. The van der Waals surface area contributed by atoms with Crippen LogP contribution in [-0.2, 0) is 0 Å². The first-order valence-corrected chi connectivity index (χ1v) is 5.27. The lowest BCUT2D eigenvalue weighted by molar-refractivity contribution is 0.335. The van der Waals surface area contributed by atoms with E-state index in [-0.39, 0.29) is 0 Å². The number of rotatable bonds is 0. The summed E-state index contributed by atoms with van der Waals surface area (Å²) in [5.41, 5.74) is 7.00. The zero-order chi connectivity index (χ0) is 10.5. The van der Waals surface area contributed by atoms with Gasteiger partial charge in [0.2, 0.25) is 0 Å². The average Bonchev–Trinajstić information content (AvgIpc) is 2.54. The van der Waals surface area contributed by atoms with Crippen LogP contribution in [0.3, 0.4) is 0 Å². The quantitative estimate of drug-likeness (QED) is 0.609. The Morgan fingerprint density at radius 1 is 0.929 bits per heavy atom. The largest absolute Gasteiger partial charge is 0.492 e. The van der Waals surface area contributed by atoms with Crippen LogP contribution in [0.1, 0.15) is 40.7 Å². The van der Waals surface area contributed by atoms with Crippen LogP contribution in [0, 0.1) is 27.7 Å². The Morgan fingerprint density at radius 2 is 1.50 bits per heavy atom. The van der Waals surface area contributed by atoms with E-state index < -0.39 is 0 Å². The van der Waals surface area contributed by atoms with Crippen LogP contribution in [0.2, 0.25) is 0 Å². The van der Waals surface area contributed by atoms with Gasteiger partial charge < -0.3 is 4.74 Å². The summed E-state index contributed by atoms with van der Waals surface area (Å²) in [6.07, 6.45) is 0. The molecular weight excluding hydrogens is 172 g/mol. The van der Waals surface area contributed by atoms with Gasteiger partial charge in [-0.25, -0.2) is 0 Å². The summed E-state index contributed by atoms with van der Waals surface area (Å²) < 4.78 is 5.76. The average molecular weight is 190 g/mol. The lowest BCUT2D eigenvalue weighted by Gasteiger charge is -2.15. The molecule has 1 unspecified atom stereocenters. The van der Waals surface area contributed by atoms with Crippen LogP contribution in [0.4, 0.5) is 0 Å². The molecule has 1 nitrogen and oxygen atoms in total. The second-order valence-corrected chi connectivity index (χ2v) is 4.45. The fourth-order valence-corrected chi connectivity index (χ4v) is 2.38. The number of ether oxygens (including phenoxy) is 1. The summed E-state index contributed by atoms with van der Waals surface area (Å²) >= 11 is 0. The summed E-state index contributed by atoms with van der Waals surface area (Å²) in [4.78, 5) is 0. The molecule has 1 aromatic rings. The van der Waals surface area contributed by atoms with Crippen LogP contribution in [0.15, 0.2) is 0 Å². The van der Waals surface area contributed by atoms with Gasteiger partial charge in [0.25, 0.3) is 0 Å². The van der Waals surface area contributed by atoms with Gasteiger partial charge in [0, 0.05) is 11.5 Å². The zero-order valence-corrected chi connectivity index (χ0v) is 9.69. The van der Waals surface area contributed by atoms with E-state index in [9.17, 15) is 0 Å². The summed E-state index contributed by atoms with van der Waals surface area (Å²) in [6.45, 7) is 11.9. The van der Waals surface area contributed by atoms with Gasteiger partial charge in [0.05, 0.1) is 6.61 Å². The smallest absolute Gasteiger partial charge is 0.126 e. The van der Waals surface area contributed by atoms with Crippen LogP contribution >= 0.6 is 0 Å². The third kappa shape index (κ3) is 1.08. The van der Waals surface area contributed by atoms with Gasteiger partial charge in [-0.15, -0.1) is 0 Å². The van der Waals surface area contributed by atoms with Gasteiger partial charge in [-0.1, -0.05) is 6.92 Å². The molecule has 0 aliphatic carbocycles. The molecule has 1 aromatic carbocycles. The van der Waals surface area contributed by atoms with E-state index in [1.807, 2.05) is 0 Å². The van der Waals surface area contributed by atoms with Crippen LogP contribution in [0.5, 0.6) is 5.75 Å². The zero-order valence-electron chi connectivity index (χ0n) is 9.69. The van der Waals surface area contributed by atoms with E-state index in [2.05, 4.69) is 34.6 Å². The predicted molar refractivity (Wildman–Crippen MR) is 59.3 cm³/mol. The topological polar surface area (TPSA) is 9.23 Å². The van der Waals surface area contributed by atoms with E-state index in [1.54, 1.807) is 0 Å². The standard InChI is InChI=1S/C13H18O/c1-7-6-14-13-11(5)9(3)8(2)10(4)12(7)13/h7H,6H2,1-5H3. The molecular formula is C13H18O.